The maximum atomic E-state index is 12.5. The standard InChI is InChI=1S/C16H13ClN4OS/c1-2-21-15(22)14(9-11-5-3-4-7-19-11)23-16(21)20-13-6-8-18-10-12(13)17/h3-10H,2H2,1H3/b14-9-,20-16?. The lowest BCUT2D eigenvalue weighted by molar-refractivity contribution is -0.122. The molecule has 7 heteroatoms. The number of halogens is 1. The van der Waals surface area contributed by atoms with Crippen LogP contribution in [0.5, 0.6) is 0 Å². The Kier molecular flexibility index (Phi) is 4.73. The van der Waals surface area contributed by atoms with Crippen LogP contribution in [0.15, 0.2) is 52.8 Å². The fourth-order valence-corrected chi connectivity index (χ4v) is 3.23. The molecule has 5 nitrogen and oxygen atoms in total. The number of hydrogen-bond donors (Lipinski definition) is 0. The van der Waals surface area contributed by atoms with E-state index in [0.717, 1.165) is 5.69 Å². The number of aliphatic imine (C=N–C) groups is 1. The molecule has 0 unspecified atom stereocenters. The van der Waals surface area contributed by atoms with Crippen LogP contribution in [-0.2, 0) is 4.79 Å². The summed E-state index contributed by atoms with van der Waals surface area (Å²) >= 11 is 7.41. The maximum Gasteiger partial charge on any atom is 0.266 e. The first-order valence-corrected chi connectivity index (χ1v) is 8.19. The molecule has 1 aliphatic rings. The summed E-state index contributed by atoms with van der Waals surface area (Å²) < 4.78 is 0. The largest absolute Gasteiger partial charge is 0.287 e. The molecule has 116 valence electrons. The molecule has 0 aliphatic carbocycles. The SMILES string of the molecule is CCN1C(=O)/C(=C/c2ccccn2)SC1=Nc1ccncc1Cl. The number of likely N-dealkylation sites (N-methyl/N-ethyl adjacent to an activating group) is 1. The topological polar surface area (TPSA) is 58.5 Å². The van der Waals surface area contributed by atoms with Crippen molar-refractivity contribution in [3.8, 4) is 0 Å². The predicted molar refractivity (Wildman–Crippen MR) is 93.5 cm³/mol. The molecule has 0 atom stereocenters. The molecule has 23 heavy (non-hydrogen) atoms. The predicted octanol–water partition coefficient (Wildman–Crippen LogP) is 3.75. The van der Waals surface area contributed by atoms with Crippen LogP contribution in [0.25, 0.3) is 6.08 Å². The van der Waals surface area contributed by atoms with Gasteiger partial charge in [0.15, 0.2) is 5.17 Å². The van der Waals surface area contributed by atoms with E-state index < -0.39 is 0 Å². The molecule has 0 radical (unpaired) electrons. The van der Waals surface area contributed by atoms with E-state index in [-0.39, 0.29) is 5.91 Å². The summed E-state index contributed by atoms with van der Waals surface area (Å²) in [6, 6.07) is 7.29. The van der Waals surface area contributed by atoms with E-state index in [9.17, 15) is 4.79 Å². The van der Waals surface area contributed by atoms with Gasteiger partial charge < -0.3 is 0 Å². The number of amides is 1. The van der Waals surface area contributed by atoms with E-state index in [1.165, 1.54) is 18.0 Å². The Hall–Kier alpha value is -2.18. The van der Waals surface area contributed by atoms with E-state index in [1.807, 2.05) is 25.1 Å². The van der Waals surface area contributed by atoms with Gasteiger partial charge in [-0.15, -0.1) is 0 Å². The van der Waals surface area contributed by atoms with Crippen molar-refractivity contribution in [1.29, 1.82) is 0 Å². The van der Waals surface area contributed by atoms with Crippen molar-refractivity contribution in [1.82, 2.24) is 14.9 Å². The highest BCUT2D eigenvalue weighted by atomic mass is 35.5. The quantitative estimate of drug-likeness (QED) is 0.795. The van der Waals surface area contributed by atoms with Crippen LogP contribution >= 0.6 is 23.4 Å². The molecule has 3 rings (SSSR count). The first-order valence-electron chi connectivity index (χ1n) is 6.99. The number of carbonyl (C=O) groups is 1. The van der Waals surface area contributed by atoms with Gasteiger partial charge in [-0.25, -0.2) is 4.99 Å². The lowest BCUT2D eigenvalue weighted by Crippen LogP contribution is -2.28. The minimum absolute atomic E-state index is 0.0768. The highest BCUT2D eigenvalue weighted by Crippen LogP contribution is 2.35. The molecular formula is C16H13ClN4OS. The average molecular weight is 345 g/mol. The summed E-state index contributed by atoms with van der Waals surface area (Å²) in [5, 5.41) is 1.05. The normalized spacial score (nSPS) is 18.2. The third-order valence-electron chi connectivity index (χ3n) is 3.14. The second-order valence-corrected chi connectivity index (χ2v) is 6.05. The molecule has 3 heterocycles. The third kappa shape index (κ3) is 3.43. The van der Waals surface area contributed by atoms with Crippen molar-refractivity contribution < 1.29 is 4.79 Å². The Morgan fingerprint density at radius 2 is 2.22 bits per heavy atom. The van der Waals surface area contributed by atoms with Crippen LogP contribution in [0.4, 0.5) is 5.69 Å². The van der Waals surface area contributed by atoms with Gasteiger partial charge in [0.1, 0.15) is 0 Å². The van der Waals surface area contributed by atoms with Gasteiger partial charge in [-0.05, 0) is 43.0 Å². The van der Waals surface area contributed by atoms with Crippen molar-refractivity contribution in [2.45, 2.75) is 6.92 Å². The molecule has 0 N–H and O–H groups in total. The fourth-order valence-electron chi connectivity index (χ4n) is 2.03. The van der Waals surface area contributed by atoms with Crippen LogP contribution < -0.4 is 0 Å². The van der Waals surface area contributed by atoms with Gasteiger partial charge in [0, 0.05) is 25.1 Å². The van der Waals surface area contributed by atoms with E-state index in [0.29, 0.717) is 27.3 Å². The lowest BCUT2D eigenvalue weighted by Gasteiger charge is -2.12. The highest BCUT2D eigenvalue weighted by Gasteiger charge is 2.32. The zero-order valence-corrected chi connectivity index (χ0v) is 13.9. The average Bonchev–Trinajstić information content (AvgIpc) is 2.85. The molecule has 0 bridgehead atoms. The number of pyridine rings is 2. The van der Waals surface area contributed by atoms with E-state index in [4.69, 9.17) is 11.6 Å². The molecule has 1 amide bonds. The lowest BCUT2D eigenvalue weighted by atomic mass is 10.3. The Bertz CT molecular complexity index is 792. The highest BCUT2D eigenvalue weighted by molar-refractivity contribution is 8.18. The summed E-state index contributed by atoms with van der Waals surface area (Å²) in [4.78, 5) is 27.4. The van der Waals surface area contributed by atoms with E-state index in [2.05, 4.69) is 15.0 Å². The van der Waals surface area contributed by atoms with Crippen molar-refractivity contribution in [3.05, 3.63) is 58.5 Å². The Morgan fingerprint density at radius 1 is 1.35 bits per heavy atom. The zero-order valence-electron chi connectivity index (χ0n) is 12.3. The van der Waals surface area contributed by atoms with Gasteiger partial charge in [0.05, 0.1) is 21.3 Å². The van der Waals surface area contributed by atoms with Gasteiger partial charge in [-0.2, -0.15) is 0 Å². The third-order valence-corrected chi connectivity index (χ3v) is 4.44. The van der Waals surface area contributed by atoms with Crippen molar-refractivity contribution >= 4 is 46.2 Å². The van der Waals surface area contributed by atoms with Crippen LogP contribution in [-0.4, -0.2) is 32.5 Å². The molecular weight excluding hydrogens is 332 g/mol. The first-order chi connectivity index (χ1) is 11.2. The smallest absolute Gasteiger partial charge is 0.266 e. The van der Waals surface area contributed by atoms with Crippen LogP contribution in [0.3, 0.4) is 0 Å². The number of carbonyl (C=O) groups excluding carboxylic acids is 1. The van der Waals surface area contributed by atoms with Gasteiger partial charge >= 0.3 is 0 Å². The van der Waals surface area contributed by atoms with Crippen LogP contribution in [0.2, 0.25) is 5.02 Å². The molecule has 2 aromatic heterocycles. The number of amidine groups is 1. The zero-order chi connectivity index (χ0) is 16.2. The summed E-state index contributed by atoms with van der Waals surface area (Å²) in [5.74, 6) is -0.0768. The first kappa shape index (κ1) is 15.7. The fraction of sp³-hybridized carbons (Fsp3) is 0.125. The summed E-state index contributed by atoms with van der Waals surface area (Å²) in [7, 11) is 0. The number of aromatic nitrogens is 2. The van der Waals surface area contributed by atoms with E-state index in [1.54, 1.807) is 29.4 Å². The summed E-state index contributed by atoms with van der Waals surface area (Å²) in [6.45, 7) is 2.44. The number of nitrogens with zero attached hydrogens (tertiary/aromatic N) is 4. The number of thioether (sulfide) groups is 1. The minimum Gasteiger partial charge on any atom is -0.287 e. The second-order valence-electron chi connectivity index (χ2n) is 4.64. The van der Waals surface area contributed by atoms with Crippen molar-refractivity contribution in [3.63, 3.8) is 0 Å². The Balaban J connectivity index is 1.95. The van der Waals surface area contributed by atoms with Crippen LogP contribution in [0, 0.1) is 0 Å². The Labute approximate surface area is 143 Å². The maximum absolute atomic E-state index is 12.5. The van der Waals surface area contributed by atoms with Crippen LogP contribution in [0.1, 0.15) is 12.6 Å². The second kappa shape index (κ2) is 6.93. The van der Waals surface area contributed by atoms with Crippen molar-refractivity contribution in [2.24, 2.45) is 4.99 Å². The molecule has 0 saturated carbocycles. The van der Waals surface area contributed by atoms with Gasteiger partial charge in [-0.3, -0.25) is 19.7 Å². The van der Waals surface area contributed by atoms with E-state index >= 15 is 0 Å². The molecule has 1 fully saturated rings. The van der Waals surface area contributed by atoms with Gasteiger partial charge in [-0.1, -0.05) is 17.7 Å². The molecule has 0 spiro atoms. The molecule has 1 saturated heterocycles. The number of rotatable bonds is 3. The summed E-state index contributed by atoms with van der Waals surface area (Å²) in [6.07, 6.45) is 6.61. The monoisotopic (exact) mass is 344 g/mol. The molecule has 2 aromatic rings. The van der Waals surface area contributed by atoms with Crippen molar-refractivity contribution in [2.75, 3.05) is 6.54 Å². The van der Waals surface area contributed by atoms with Gasteiger partial charge in [0.2, 0.25) is 0 Å². The minimum atomic E-state index is -0.0768. The van der Waals surface area contributed by atoms with Gasteiger partial charge in [0.25, 0.3) is 5.91 Å². The molecule has 1 aliphatic heterocycles. The number of hydrogen-bond acceptors (Lipinski definition) is 5. The Morgan fingerprint density at radius 3 is 2.91 bits per heavy atom. The molecule has 0 aromatic carbocycles. The summed E-state index contributed by atoms with van der Waals surface area (Å²) in [5.41, 5.74) is 1.33.